The minimum absolute atomic E-state index is 0.0696. The number of hydrogen-bond donors (Lipinski definition) is 3. The predicted molar refractivity (Wildman–Crippen MR) is 88.5 cm³/mol. The monoisotopic (exact) mass is 357 g/mol. The molecule has 1 rings (SSSR count). The van der Waals surface area contributed by atoms with Crippen LogP contribution in [-0.2, 0) is 0 Å². The van der Waals surface area contributed by atoms with Crippen molar-refractivity contribution in [3.63, 3.8) is 0 Å². The Morgan fingerprint density at radius 1 is 1.60 bits per heavy atom. The van der Waals surface area contributed by atoms with E-state index in [4.69, 9.17) is 17.0 Å². The van der Waals surface area contributed by atoms with Crippen LogP contribution < -0.4 is 15.5 Å². The van der Waals surface area contributed by atoms with Gasteiger partial charge in [-0.3, -0.25) is 5.43 Å². The summed E-state index contributed by atoms with van der Waals surface area (Å²) in [5, 5.41) is 17.1. The summed E-state index contributed by atoms with van der Waals surface area (Å²) < 4.78 is 5.87. The summed E-state index contributed by atoms with van der Waals surface area (Å²) in [6.07, 6.45) is 3.28. The molecule has 108 valence electrons. The molecule has 0 aliphatic carbocycles. The van der Waals surface area contributed by atoms with Crippen molar-refractivity contribution in [1.82, 2.24) is 10.7 Å². The standard InChI is InChI=1S/C13H16BrN3O2S/c1-3-5-15-13(20)17-16-8-9-6-10(14)12(18)11(7-9)19-4-2/h3,6-8,18H,1,4-5H2,2H3,(H2,15,17,20). The van der Waals surface area contributed by atoms with E-state index in [9.17, 15) is 5.11 Å². The van der Waals surface area contributed by atoms with Crippen LogP contribution in [0.1, 0.15) is 12.5 Å². The van der Waals surface area contributed by atoms with Gasteiger partial charge in [-0.1, -0.05) is 6.08 Å². The number of benzene rings is 1. The summed E-state index contributed by atoms with van der Waals surface area (Å²) in [7, 11) is 0. The van der Waals surface area contributed by atoms with Crippen LogP contribution in [0, 0.1) is 0 Å². The van der Waals surface area contributed by atoms with Crippen LogP contribution in [0.25, 0.3) is 0 Å². The third-order valence-electron chi connectivity index (χ3n) is 2.14. The van der Waals surface area contributed by atoms with E-state index in [0.717, 1.165) is 5.56 Å². The molecule has 1 aromatic carbocycles. The van der Waals surface area contributed by atoms with Gasteiger partial charge in [0, 0.05) is 6.54 Å². The Bertz CT molecular complexity index is 521. The summed E-state index contributed by atoms with van der Waals surface area (Å²) in [5.74, 6) is 0.468. The first-order valence-corrected chi connectivity index (χ1v) is 7.11. The number of nitrogens with zero attached hydrogens (tertiary/aromatic N) is 1. The number of nitrogens with one attached hydrogen (secondary N) is 2. The van der Waals surface area contributed by atoms with Crippen LogP contribution in [0.15, 0.2) is 34.4 Å². The lowest BCUT2D eigenvalue weighted by Gasteiger charge is -2.08. The first-order chi connectivity index (χ1) is 9.58. The SMILES string of the molecule is C=CCNC(=S)NN=Cc1cc(Br)c(O)c(OCC)c1. The van der Waals surface area contributed by atoms with Gasteiger partial charge in [0.05, 0.1) is 17.3 Å². The molecule has 0 spiro atoms. The fourth-order valence-corrected chi connectivity index (χ4v) is 1.90. The zero-order valence-corrected chi connectivity index (χ0v) is 13.4. The fourth-order valence-electron chi connectivity index (χ4n) is 1.30. The highest BCUT2D eigenvalue weighted by Gasteiger charge is 2.08. The van der Waals surface area contributed by atoms with Gasteiger partial charge in [-0.2, -0.15) is 5.10 Å². The molecule has 0 amide bonds. The Labute approximate surface area is 131 Å². The summed E-state index contributed by atoms with van der Waals surface area (Å²) >= 11 is 8.25. The minimum atomic E-state index is 0.0696. The van der Waals surface area contributed by atoms with E-state index < -0.39 is 0 Å². The van der Waals surface area contributed by atoms with Gasteiger partial charge >= 0.3 is 0 Å². The van der Waals surface area contributed by atoms with E-state index >= 15 is 0 Å². The molecule has 0 saturated heterocycles. The van der Waals surface area contributed by atoms with Crippen molar-refractivity contribution in [2.24, 2.45) is 5.10 Å². The molecule has 3 N–H and O–H groups in total. The van der Waals surface area contributed by atoms with E-state index in [1.165, 1.54) is 0 Å². The lowest BCUT2D eigenvalue weighted by Crippen LogP contribution is -2.31. The van der Waals surface area contributed by atoms with Gasteiger partial charge in [-0.15, -0.1) is 6.58 Å². The van der Waals surface area contributed by atoms with Gasteiger partial charge in [-0.25, -0.2) is 0 Å². The van der Waals surface area contributed by atoms with Gasteiger partial charge in [0.1, 0.15) is 0 Å². The molecule has 0 aromatic heterocycles. The first-order valence-electron chi connectivity index (χ1n) is 5.91. The smallest absolute Gasteiger partial charge is 0.187 e. The van der Waals surface area contributed by atoms with Gasteiger partial charge in [0.2, 0.25) is 0 Å². The molecule has 0 saturated carbocycles. The van der Waals surface area contributed by atoms with Crippen molar-refractivity contribution in [1.29, 1.82) is 0 Å². The molecule has 0 unspecified atom stereocenters. The second kappa shape index (κ2) is 8.55. The van der Waals surface area contributed by atoms with Crippen LogP contribution in [0.5, 0.6) is 11.5 Å². The molecule has 0 atom stereocenters. The third kappa shape index (κ3) is 5.18. The molecule has 5 nitrogen and oxygen atoms in total. The lowest BCUT2D eigenvalue weighted by atomic mass is 10.2. The van der Waals surface area contributed by atoms with E-state index in [0.29, 0.717) is 28.5 Å². The predicted octanol–water partition coefficient (Wildman–Crippen LogP) is 2.54. The number of phenols is 1. The van der Waals surface area contributed by atoms with E-state index in [2.05, 4.69) is 38.4 Å². The van der Waals surface area contributed by atoms with Crippen LogP contribution in [0.2, 0.25) is 0 Å². The Kier molecular flexibility index (Phi) is 7.03. The molecule has 20 heavy (non-hydrogen) atoms. The van der Waals surface area contributed by atoms with Crippen LogP contribution >= 0.6 is 28.1 Å². The largest absolute Gasteiger partial charge is 0.503 e. The zero-order valence-electron chi connectivity index (χ0n) is 11.0. The molecule has 0 aliphatic rings. The maximum Gasteiger partial charge on any atom is 0.187 e. The maximum atomic E-state index is 9.79. The van der Waals surface area contributed by atoms with Gasteiger partial charge < -0.3 is 15.2 Å². The number of hydrogen-bond acceptors (Lipinski definition) is 4. The second-order valence-corrected chi connectivity index (χ2v) is 4.91. The number of rotatable bonds is 6. The molecule has 1 aromatic rings. The van der Waals surface area contributed by atoms with Crippen LogP contribution in [0.4, 0.5) is 0 Å². The first kappa shape index (κ1) is 16.5. The van der Waals surface area contributed by atoms with Crippen molar-refractivity contribution in [3.05, 3.63) is 34.8 Å². The molecule has 0 heterocycles. The normalized spacial score (nSPS) is 10.3. The number of ether oxygens (including phenoxy) is 1. The van der Waals surface area contributed by atoms with Crippen molar-refractivity contribution in [2.75, 3.05) is 13.2 Å². The highest BCUT2D eigenvalue weighted by molar-refractivity contribution is 9.10. The zero-order chi connectivity index (χ0) is 15.0. The molecule has 7 heteroatoms. The second-order valence-electron chi connectivity index (χ2n) is 3.65. The maximum absolute atomic E-state index is 9.79. The molecular weight excluding hydrogens is 342 g/mol. The van der Waals surface area contributed by atoms with Gasteiger partial charge in [0.25, 0.3) is 0 Å². The lowest BCUT2D eigenvalue weighted by molar-refractivity contribution is 0.317. The third-order valence-corrected chi connectivity index (χ3v) is 2.98. The van der Waals surface area contributed by atoms with Crippen molar-refractivity contribution < 1.29 is 9.84 Å². The van der Waals surface area contributed by atoms with Gasteiger partial charge in [-0.05, 0) is 52.8 Å². The number of hydrazone groups is 1. The summed E-state index contributed by atoms with van der Waals surface area (Å²) in [6.45, 7) is 6.46. The molecule has 0 aliphatic heterocycles. The van der Waals surface area contributed by atoms with Crippen molar-refractivity contribution in [3.8, 4) is 11.5 Å². The van der Waals surface area contributed by atoms with Crippen molar-refractivity contribution in [2.45, 2.75) is 6.92 Å². The summed E-state index contributed by atoms with van der Waals surface area (Å²) in [4.78, 5) is 0. The quantitative estimate of drug-likeness (QED) is 0.316. The highest BCUT2D eigenvalue weighted by atomic mass is 79.9. The highest BCUT2D eigenvalue weighted by Crippen LogP contribution is 2.34. The molecule has 0 bridgehead atoms. The fraction of sp³-hybridized carbons (Fsp3) is 0.231. The number of halogens is 1. The molecule has 0 radical (unpaired) electrons. The molecular formula is C13H16BrN3O2S. The Morgan fingerprint density at radius 2 is 2.35 bits per heavy atom. The summed E-state index contributed by atoms with van der Waals surface area (Å²) in [5.41, 5.74) is 3.44. The number of thiocarbonyl (C=S) groups is 1. The van der Waals surface area contributed by atoms with Crippen LogP contribution in [0.3, 0.4) is 0 Å². The minimum Gasteiger partial charge on any atom is -0.503 e. The average molecular weight is 358 g/mol. The molecule has 0 fully saturated rings. The van der Waals surface area contributed by atoms with Gasteiger partial charge in [0.15, 0.2) is 16.6 Å². The van der Waals surface area contributed by atoms with E-state index in [1.54, 1.807) is 24.4 Å². The average Bonchev–Trinajstić information content (AvgIpc) is 2.42. The van der Waals surface area contributed by atoms with Crippen molar-refractivity contribution >= 4 is 39.5 Å². The van der Waals surface area contributed by atoms with Crippen LogP contribution in [-0.4, -0.2) is 29.6 Å². The summed E-state index contributed by atoms with van der Waals surface area (Å²) in [6, 6.07) is 3.41. The number of aromatic hydroxyl groups is 1. The Balaban J connectivity index is 2.72. The topological polar surface area (TPSA) is 65.9 Å². The Morgan fingerprint density at radius 3 is 3.00 bits per heavy atom. The van der Waals surface area contributed by atoms with E-state index in [-0.39, 0.29) is 5.75 Å². The number of phenolic OH excluding ortho intramolecular Hbond substituents is 1. The van der Waals surface area contributed by atoms with E-state index in [1.807, 2.05) is 6.92 Å². The Hall–Kier alpha value is -1.60.